The molecule has 0 radical (unpaired) electrons. The van der Waals surface area contributed by atoms with Crippen molar-refractivity contribution in [2.75, 3.05) is 13.1 Å². The molecule has 0 aliphatic rings. The van der Waals surface area contributed by atoms with Gasteiger partial charge < -0.3 is 5.73 Å². The molecule has 5 nitrogen and oxygen atoms in total. The van der Waals surface area contributed by atoms with Crippen molar-refractivity contribution in [3.63, 3.8) is 0 Å². The average molecular weight is 288 g/mol. The SMILES string of the molecule is N#Cc1ccc(S(=O)(=O)NCCCCN)cc1Cl. The van der Waals surface area contributed by atoms with E-state index in [4.69, 9.17) is 22.6 Å². The van der Waals surface area contributed by atoms with E-state index in [0.29, 0.717) is 19.5 Å². The largest absolute Gasteiger partial charge is 0.330 e. The van der Waals surface area contributed by atoms with Gasteiger partial charge in [0.15, 0.2) is 0 Å². The van der Waals surface area contributed by atoms with Crippen molar-refractivity contribution in [2.45, 2.75) is 17.7 Å². The number of hydrogen-bond acceptors (Lipinski definition) is 4. The molecule has 1 aromatic carbocycles. The van der Waals surface area contributed by atoms with Gasteiger partial charge in [-0.15, -0.1) is 0 Å². The van der Waals surface area contributed by atoms with Crippen molar-refractivity contribution in [1.82, 2.24) is 4.72 Å². The molecule has 98 valence electrons. The number of hydrogen-bond donors (Lipinski definition) is 2. The van der Waals surface area contributed by atoms with Crippen LogP contribution in [0.25, 0.3) is 0 Å². The highest BCUT2D eigenvalue weighted by Crippen LogP contribution is 2.19. The van der Waals surface area contributed by atoms with Gasteiger partial charge in [-0.3, -0.25) is 0 Å². The average Bonchev–Trinajstić information content (AvgIpc) is 2.34. The molecule has 1 aromatic rings. The van der Waals surface area contributed by atoms with E-state index in [0.717, 1.165) is 6.42 Å². The molecule has 0 aliphatic carbocycles. The smallest absolute Gasteiger partial charge is 0.240 e. The van der Waals surface area contributed by atoms with Crippen LogP contribution < -0.4 is 10.5 Å². The first-order valence-electron chi connectivity index (χ1n) is 5.40. The normalized spacial score (nSPS) is 11.2. The maximum atomic E-state index is 11.9. The van der Waals surface area contributed by atoms with Gasteiger partial charge in [0.1, 0.15) is 6.07 Å². The van der Waals surface area contributed by atoms with Crippen LogP contribution in [0.2, 0.25) is 5.02 Å². The Hall–Kier alpha value is -1.13. The zero-order chi connectivity index (χ0) is 13.6. The molecule has 0 atom stereocenters. The van der Waals surface area contributed by atoms with Gasteiger partial charge in [-0.25, -0.2) is 13.1 Å². The Balaban J connectivity index is 2.80. The zero-order valence-electron chi connectivity index (χ0n) is 9.69. The highest BCUT2D eigenvalue weighted by atomic mass is 35.5. The number of nitrogens with zero attached hydrogens (tertiary/aromatic N) is 1. The summed E-state index contributed by atoms with van der Waals surface area (Å²) in [6.45, 7) is 0.863. The third kappa shape index (κ3) is 3.96. The van der Waals surface area contributed by atoms with Crippen LogP contribution in [0.15, 0.2) is 23.1 Å². The van der Waals surface area contributed by atoms with Crippen LogP contribution in [-0.2, 0) is 10.0 Å². The second kappa shape index (κ2) is 6.71. The summed E-state index contributed by atoms with van der Waals surface area (Å²) in [5, 5.41) is 8.83. The Labute approximate surface area is 112 Å². The molecule has 0 saturated carbocycles. The van der Waals surface area contributed by atoms with E-state index in [1.165, 1.54) is 18.2 Å². The van der Waals surface area contributed by atoms with Gasteiger partial charge in [0.05, 0.1) is 15.5 Å². The summed E-state index contributed by atoms with van der Waals surface area (Å²) in [6.07, 6.45) is 1.44. The van der Waals surface area contributed by atoms with Gasteiger partial charge >= 0.3 is 0 Å². The standard InChI is InChI=1S/C11H14ClN3O2S/c12-11-7-10(4-3-9(11)8-14)18(16,17)15-6-2-1-5-13/h3-4,7,15H,1-2,5-6,13H2. The second-order valence-electron chi connectivity index (χ2n) is 3.65. The number of sulfonamides is 1. The number of benzene rings is 1. The van der Waals surface area contributed by atoms with E-state index in [9.17, 15) is 8.42 Å². The van der Waals surface area contributed by atoms with Gasteiger partial charge in [-0.05, 0) is 37.6 Å². The van der Waals surface area contributed by atoms with Gasteiger partial charge in [0.25, 0.3) is 0 Å². The van der Waals surface area contributed by atoms with Crippen LogP contribution in [-0.4, -0.2) is 21.5 Å². The minimum absolute atomic E-state index is 0.0549. The molecule has 0 fully saturated rings. The van der Waals surface area contributed by atoms with Crippen molar-refractivity contribution in [3.05, 3.63) is 28.8 Å². The van der Waals surface area contributed by atoms with E-state index < -0.39 is 10.0 Å². The van der Waals surface area contributed by atoms with Crippen LogP contribution in [0.5, 0.6) is 0 Å². The molecule has 7 heteroatoms. The van der Waals surface area contributed by atoms with Crippen molar-refractivity contribution < 1.29 is 8.42 Å². The third-order valence-electron chi connectivity index (χ3n) is 2.29. The predicted octanol–water partition coefficient (Wildman–Crippen LogP) is 1.23. The van der Waals surface area contributed by atoms with Crippen LogP contribution in [0.4, 0.5) is 0 Å². The molecule has 0 bridgehead atoms. The van der Waals surface area contributed by atoms with E-state index >= 15 is 0 Å². The summed E-state index contributed by atoms with van der Waals surface area (Å²) in [5.74, 6) is 0. The van der Waals surface area contributed by atoms with Crippen molar-refractivity contribution >= 4 is 21.6 Å². The number of nitrogens with one attached hydrogen (secondary N) is 1. The first kappa shape index (κ1) is 14.9. The molecule has 18 heavy (non-hydrogen) atoms. The lowest BCUT2D eigenvalue weighted by Crippen LogP contribution is -2.25. The number of nitrogens with two attached hydrogens (primary N) is 1. The van der Waals surface area contributed by atoms with E-state index in [2.05, 4.69) is 4.72 Å². The zero-order valence-corrected chi connectivity index (χ0v) is 11.3. The monoisotopic (exact) mass is 287 g/mol. The molecule has 0 heterocycles. The summed E-state index contributed by atoms with van der Waals surface area (Å²) in [5.41, 5.74) is 5.56. The first-order chi connectivity index (χ1) is 8.51. The highest BCUT2D eigenvalue weighted by Gasteiger charge is 2.14. The molecule has 0 aliphatic heterocycles. The summed E-state index contributed by atoms with van der Waals surface area (Å²) in [4.78, 5) is 0.0549. The summed E-state index contributed by atoms with van der Waals surface area (Å²) < 4.78 is 26.2. The molecule has 0 amide bonds. The summed E-state index contributed by atoms with van der Waals surface area (Å²) in [7, 11) is -3.57. The van der Waals surface area contributed by atoms with Crippen LogP contribution in [0.3, 0.4) is 0 Å². The number of rotatable bonds is 6. The number of halogens is 1. The Kier molecular flexibility index (Phi) is 5.56. The van der Waals surface area contributed by atoms with Crippen molar-refractivity contribution in [3.8, 4) is 6.07 Å². The molecule has 0 aromatic heterocycles. The van der Waals surface area contributed by atoms with Gasteiger partial charge in [0, 0.05) is 6.54 Å². The fraction of sp³-hybridized carbons (Fsp3) is 0.364. The van der Waals surface area contributed by atoms with Gasteiger partial charge in [0.2, 0.25) is 10.0 Å². The lowest BCUT2D eigenvalue weighted by atomic mass is 10.2. The molecule has 0 unspecified atom stereocenters. The molecular weight excluding hydrogens is 274 g/mol. The molecule has 3 N–H and O–H groups in total. The van der Waals surface area contributed by atoms with E-state index in [-0.39, 0.29) is 15.5 Å². The molecular formula is C11H14ClN3O2S. The molecule has 0 spiro atoms. The molecule has 0 saturated heterocycles. The first-order valence-corrected chi connectivity index (χ1v) is 7.27. The van der Waals surface area contributed by atoms with Crippen LogP contribution in [0.1, 0.15) is 18.4 Å². The van der Waals surface area contributed by atoms with Gasteiger partial charge in [-0.1, -0.05) is 11.6 Å². The fourth-order valence-electron chi connectivity index (χ4n) is 1.31. The minimum atomic E-state index is -3.57. The minimum Gasteiger partial charge on any atom is -0.330 e. The molecule has 1 rings (SSSR count). The second-order valence-corrected chi connectivity index (χ2v) is 5.82. The Morgan fingerprint density at radius 2 is 2.11 bits per heavy atom. The third-order valence-corrected chi connectivity index (χ3v) is 4.07. The van der Waals surface area contributed by atoms with Crippen molar-refractivity contribution in [2.24, 2.45) is 5.73 Å². The van der Waals surface area contributed by atoms with Crippen LogP contribution in [0, 0.1) is 11.3 Å². The van der Waals surface area contributed by atoms with Gasteiger partial charge in [-0.2, -0.15) is 5.26 Å². The summed E-state index contributed by atoms with van der Waals surface area (Å²) >= 11 is 5.79. The maximum Gasteiger partial charge on any atom is 0.240 e. The summed E-state index contributed by atoms with van der Waals surface area (Å²) in [6, 6.07) is 5.88. The van der Waals surface area contributed by atoms with Crippen LogP contribution >= 0.6 is 11.6 Å². The van der Waals surface area contributed by atoms with E-state index in [1.54, 1.807) is 0 Å². The predicted molar refractivity (Wildman–Crippen MR) is 69.6 cm³/mol. The van der Waals surface area contributed by atoms with Crippen molar-refractivity contribution in [1.29, 1.82) is 5.26 Å². The maximum absolute atomic E-state index is 11.9. The number of unbranched alkanes of at least 4 members (excludes halogenated alkanes) is 1. The topological polar surface area (TPSA) is 96.0 Å². The Bertz CT molecular complexity index is 552. The highest BCUT2D eigenvalue weighted by molar-refractivity contribution is 7.89. The Morgan fingerprint density at radius 1 is 1.39 bits per heavy atom. The fourth-order valence-corrected chi connectivity index (χ4v) is 2.70. The Morgan fingerprint density at radius 3 is 2.67 bits per heavy atom. The number of nitriles is 1. The lowest BCUT2D eigenvalue weighted by molar-refractivity contribution is 0.577. The van der Waals surface area contributed by atoms with E-state index in [1.807, 2.05) is 6.07 Å². The quantitative estimate of drug-likeness (QED) is 0.769. The lowest BCUT2D eigenvalue weighted by Gasteiger charge is -2.07.